The summed E-state index contributed by atoms with van der Waals surface area (Å²) >= 11 is 0. The van der Waals surface area contributed by atoms with Gasteiger partial charge < -0.3 is 20.6 Å². The Hall–Kier alpha value is -1.30. The number of amides is 2. The Morgan fingerprint density at radius 2 is 1.94 bits per heavy atom. The third kappa shape index (κ3) is 4.60. The Bertz CT molecular complexity index is 275. The second-order valence-electron chi connectivity index (χ2n) is 4.71. The van der Waals surface area contributed by atoms with Gasteiger partial charge in [0.2, 0.25) is 0 Å². The standard InChI is InChI=1S/C11H21N3O3/c1-8(2)7-9(10(15)16)13-11(17)14-5-3-12-4-6-14/h8-9,12H,3-7H2,1-2H3,(H,13,17)(H,15,16)/t9-/m0/s1. The van der Waals surface area contributed by atoms with Crippen LogP contribution in [-0.4, -0.2) is 54.2 Å². The van der Waals surface area contributed by atoms with Gasteiger partial charge in [-0.15, -0.1) is 0 Å². The van der Waals surface area contributed by atoms with Crippen molar-refractivity contribution in [2.45, 2.75) is 26.3 Å². The fraction of sp³-hybridized carbons (Fsp3) is 0.818. The van der Waals surface area contributed by atoms with Crippen molar-refractivity contribution >= 4 is 12.0 Å². The van der Waals surface area contributed by atoms with E-state index in [9.17, 15) is 9.59 Å². The maximum absolute atomic E-state index is 11.8. The van der Waals surface area contributed by atoms with Gasteiger partial charge in [-0.2, -0.15) is 0 Å². The molecule has 17 heavy (non-hydrogen) atoms. The molecule has 1 heterocycles. The smallest absolute Gasteiger partial charge is 0.326 e. The first-order valence-corrected chi connectivity index (χ1v) is 5.99. The van der Waals surface area contributed by atoms with E-state index >= 15 is 0 Å². The Labute approximate surface area is 101 Å². The zero-order chi connectivity index (χ0) is 12.8. The van der Waals surface area contributed by atoms with Gasteiger partial charge in [0.1, 0.15) is 6.04 Å². The lowest BCUT2D eigenvalue weighted by Crippen LogP contribution is -2.53. The number of hydrogen-bond acceptors (Lipinski definition) is 3. The zero-order valence-electron chi connectivity index (χ0n) is 10.4. The predicted octanol–water partition coefficient (Wildman–Crippen LogP) is 0.101. The molecule has 0 bridgehead atoms. The SMILES string of the molecule is CC(C)C[C@H](NC(=O)N1CCNCC1)C(=O)O. The molecule has 0 spiro atoms. The minimum Gasteiger partial charge on any atom is -0.480 e. The van der Waals surface area contributed by atoms with Crippen molar-refractivity contribution < 1.29 is 14.7 Å². The average molecular weight is 243 g/mol. The van der Waals surface area contributed by atoms with Gasteiger partial charge >= 0.3 is 12.0 Å². The second kappa shape index (κ2) is 6.44. The summed E-state index contributed by atoms with van der Waals surface area (Å²) in [5.41, 5.74) is 0. The highest BCUT2D eigenvalue weighted by molar-refractivity contribution is 5.82. The van der Waals surface area contributed by atoms with Gasteiger partial charge in [0.05, 0.1) is 0 Å². The number of carbonyl (C=O) groups excluding carboxylic acids is 1. The van der Waals surface area contributed by atoms with Crippen LogP contribution in [-0.2, 0) is 4.79 Å². The van der Waals surface area contributed by atoms with E-state index in [0.717, 1.165) is 13.1 Å². The number of carboxylic acids is 1. The van der Waals surface area contributed by atoms with Gasteiger partial charge in [-0.25, -0.2) is 9.59 Å². The van der Waals surface area contributed by atoms with Gasteiger partial charge in [0.25, 0.3) is 0 Å². The molecule has 1 rings (SSSR count). The van der Waals surface area contributed by atoms with Crippen LogP contribution in [0.3, 0.4) is 0 Å². The van der Waals surface area contributed by atoms with E-state index in [0.29, 0.717) is 19.5 Å². The fourth-order valence-electron chi connectivity index (χ4n) is 1.80. The Morgan fingerprint density at radius 3 is 2.41 bits per heavy atom. The van der Waals surface area contributed by atoms with Gasteiger partial charge in [0, 0.05) is 26.2 Å². The van der Waals surface area contributed by atoms with Gasteiger partial charge in [-0.3, -0.25) is 0 Å². The van der Waals surface area contributed by atoms with Crippen molar-refractivity contribution in [2.75, 3.05) is 26.2 Å². The van der Waals surface area contributed by atoms with E-state index in [1.165, 1.54) is 0 Å². The number of nitrogens with one attached hydrogen (secondary N) is 2. The number of urea groups is 1. The molecule has 0 aromatic carbocycles. The summed E-state index contributed by atoms with van der Waals surface area (Å²) in [5, 5.41) is 14.7. The first-order valence-electron chi connectivity index (χ1n) is 5.99. The van der Waals surface area contributed by atoms with Crippen molar-refractivity contribution in [3.63, 3.8) is 0 Å². The molecule has 1 fully saturated rings. The van der Waals surface area contributed by atoms with Crippen LogP contribution in [0.15, 0.2) is 0 Å². The number of aliphatic carboxylic acids is 1. The van der Waals surface area contributed by atoms with E-state index in [-0.39, 0.29) is 11.9 Å². The van der Waals surface area contributed by atoms with Crippen LogP contribution < -0.4 is 10.6 Å². The van der Waals surface area contributed by atoms with Crippen LogP contribution in [0.1, 0.15) is 20.3 Å². The number of carboxylic acid groups (broad SMARTS) is 1. The lowest BCUT2D eigenvalue weighted by molar-refractivity contribution is -0.139. The molecule has 1 aliphatic heterocycles. The highest BCUT2D eigenvalue weighted by atomic mass is 16.4. The van der Waals surface area contributed by atoms with Crippen LogP contribution in [0.4, 0.5) is 4.79 Å². The molecule has 0 radical (unpaired) electrons. The highest BCUT2D eigenvalue weighted by Crippen LogP contribution is 2.06. The first kappa shape index (κ1) is 13.8. The number of carbonyl (C=O) groups is 2. The summed E-state index contributed by atoms with van der Waals surface area (Å²) in [4.78, 5) is 24.5. The molecule has 0 unspecified atom stereocenters. The molecule has 0 aliphatic carbocycles. The summed E-state index contributed by atoms with van der Waals surface area (Å²) in [7, 11) is 0. The van der Waals surface area contributed by atoms with Crippen molar-refractivity contribution in [2.24, 2.45) is 5.92 Å². The average Bonchev–Trinajstić information content (AvgIpc) is 2.28. The lowest BCUT2D eigenvalue weighted by atomic mass is 10.0. The van der Waals surface area contributed by atoms with Crippen LogP contribution in [0.2, 0.25) is 0 Å². The van der Waals surface area contributed by atoms with Crippen molar-refractivity contribution in [1.82, 2.24) is 15.5 Å². The number of hydrogen-bond donors (Lipinski definition) is 3. The van der Waals surface area contributed by atoms with Crippen molar-refractivity contribution in [1.29, 1.82) is 0 Å². The highest BCUT2D eigenvalue weighted by Gasteiger charge is 2.24. The van der Waals surface area contributed by atoms with Crippen LogP contribution in [0, 0.1) is 5.92 Å². The molecule has 6 nitrogen and oxygen atoms in total. The fourth-order valence-corrected chi connectivity index (χ4v) is 1.80. The Morgan fingerprint density at radius 1 is 1.35 bits per heavy atom. The summed E-state index contributed by atoms with van der Waals surface area (Å²) < 4.78 is 0. The molecular weight excluding hydrogens is 222 g/mol. The zero-order valence-corrected chi connectivity index (χ0v) is 10.4. The van der Waals surface area contributed by atoms with Crippen LogP contribution in [0.25, 0.3) is 0 Å². The number of rotatable bonds is 4. The predicted molar refractivity (Wildman–Crippen MR) is 63.9 cm³/mol. The van der Waals surface area contributed by atoms with Gasteiger partial charge in [0.15, 0.2) is 0 Å². The quantitative estimate of drug-likeness (QED) is 0.654. The third-order valence-corrected chi connectivity index (χ3v) is 2.71. The Balaban J connectivity index is 2.47. The van der Waals surface area contributed by atoms with Gasteiger partial charge in [-0.05, 0) is 12.3 Å². The minimum absolute atomic E-state index is 0.236. The summed E-state index contributed by atoms with van der Waals surface area (Å²) in [6, 6.07) is -1.07. The first-order chi connectivity index (χ1) is 8.00. The summed E-state index contributed by atoms with van der Waals surface area (Å²) in [6.07, 6.45) is 0.452. The van der Waals surface area contributed by atoms with Crippen LogP contribution >= 0.6 is 0 Å². The maximum Gasteiger partial charge on any atom is 0.326 e. The van der Waals surface area contributed by atoms with E-state index in [2.05, 4.69) is 10.6 Å². The number of piperazine rings is 1. The van der Waals surface area contributed by atoms with E-state index in [1.807, 2.05) is 13.8 Å². The monoisotopic (exact) mass is 243 g/mol. The molecular formula is C11H21N3O3. The van der Waals surface area contributed by atoms with E-state index < -0.39 is 12.0 Å². The topological polar surface area (TPSA) is 81.7 Å². The number of nitrogens with zero attached hydrogens (tertiary/aromatic N) is 1. The van der Waals surface area contributed by atoms with Crippen molar-refractivity contribution in [3.8, 4) is 0 Å². The van der Waals surface area contributed by atoms with Gasteiger partial charge in [-0.1, -0.05) is 13.8 Å². The minimum atomic E-state index is -0.970. The molecule has 0 saturated carbocycles. The van der Waals surface area contributed by atoms with Crippen LogP contribution in [0.5, 0.6) is 0 Å². The second-order valence-corrected chi connectivity index (χ2v) is 4.71. The maximum atomic E-state index is 11.8. The third-order valence-electron chi connectivity index (χ3n) is 2.71. The molecule has 6 heteroatoms. The molecule has 1 saturated heterocycles. The largest absolute Gasteiger partial charge is 0.480 e. The normalized spacial score (nSPS) is 17.9. The summed E-state index contributed by atoms with van der Waals surface area (Å²) in [6.45, 7) is 6.64. The molecule has 1 aliphatic rings. The summed E-state index contributed by atoms with van der Waals surface area (Å²) in [5.74, 6) is -0.735. The lowest BCUT2D eigenvalue weighted by Gasteiger charge is -2.29. The molecule has 98 valence electrons. The molecule has 0 aromatic rings. The molecule has 0 aromatic heterocycles. The Kier molecular flexibility index (Phi) is 5.21. The van der Waals surface area contributed by atoms with Crippen molar-refractivity contribution in [3.05, 3.63) is 0 Å². The molecule has 1 atom stereocenters. The van der Waals surface area contributed by atoms with E-state index in [1.54, 1.807) is 4.90 Å². The molecule has 3 N–H and O–H groups in total. The molecule has 2 amide bonds. The van der Waals surface area contributed by atoms with E-state index in [4.69, 9.17) is 5.11 Å².